The average Bonchev–Trinajstić information content (AvgIpc) is 3.20. The van der Waals surface area contributed by atoms with E-state index in [0.29, 0.717) is 17.8 Å². The van der Waals surface area contributed by atoms with Gasteiger partial charge in [0.15, 0.2) is 0 Å². The van der Waals surface area contributed by atoms with Crippen LogP contribution in [0.3, 0.4) is 0 Å². The summed E-state index contributed by atoms with van der Waals surface area (Å²) in [5.41, 5.74) is 2.03. The van der Waals surface area contributed by atoms with Crippen molar-refractivity contribution in [3.8, 4) is 5.69 Å². The first-order valence-electron chi connectivity index (χ1n) is 9.95. The molecule has 0 unspecified atom stereocenters. The highest BCUT2D eigenvalue weighted by atomic mass is 16.5. The third-order valence-corrected chi connectivity index (χ3v) is 4.74. The lowest BCUT2D eigenvalue weighted by Gasteiger charge is -2.32. The molecular formula is C21H28N4O4. The molecule has 1 N–H and O–H groups in total. The Morgan fingerprint density at radius 2 is 2.07 bits per heavy atom. The molecule has 156 valence electrons. The predicted molar refractivity (Wildman–Crippen MR) is 109 cm³/mol. The summed E-state index contributed by atoms with van der Waals surface area (Å²) in [6, 6.07) is 7.30. The number of benzene rings is 1. The van der Waals surface area contributed by atoms with Crippen molar-refractivity contribution < 1.29 is 19.1 Å². The lowest BCUT2D eigenvalue weighted by atomic mass is 10.1. The van der Waals surface area contributed by atoms with Crippen LogP contribution in [0.15, 0.2) is 36.7 Å². The molecule has 8 nitrogen and oxygen atoms in total. The Morgan fingerprint density at radius 1 is 1.28 bits per heavy atom. The van der Waals surface area contributed by atoms with Crippen LogP contribution in [0.4, 0.5) is 5.69 Å². The first-order chi connectivity index (χ1) is 14.1. The number of carbonyl (C=O) groups excluding carboxylic acids is 2. The molecule has 0 saturated carbocycles. The van der Waals surface area contributed by atoms with Crippen LogP contribution in [0, 0.1) is 0 Å². The molecule has 2 aromatic rings. The van der Waals surface area contributed by atoms with E-state index in [1.165, 1.54) is 7.11 Å². The zero-order valence-corrected chi connectivity index (χ0v) is 17.0. The number of hydrogen-bond acceptors (Lipinski definition) is 5. The van der Waals surface area contributed by atoms with Crippen molar-refractivity contribution in [3.05, 3.63) is 42.2 Å². The Labute approximate surface area is 170 Å². The van der Waals surface area contributed by atoms with E-state index >= 15 is 0 Å². The van der Waals surface area contributed by atoms with Gasteiger partial charge in [0, 0.05) is 32.4 Å². The largest absolute Gasteiger partial charge is 0.376 e. The fourth-order valence-corrected chi connectivity index (χ4v) is 3.34. The zero-order valence-electron chi connectivity index (χ0n) is 17.0. The summed E-state index contributed by atoms with van der Waals surface area (Å²) >= 11 is 0. The summed E-state index contributed by atoms with van der Waals surface area (Å²) in [5, 5.41) is 6.96. The number of methoxy groups -OCH3 is 1. The van der Waals surface area contributed by atoms with Crippen LogP contribution in [-0.4, -0.2) is 66.0 Å². The van der Waals surface area contributed by atoms with Crippen molar-refractivity contribution in [1.29, 1.82) is 0 Å². The smallest absolute Gasteiger partial charge is 0.253 e. The number of nitrogens with zero attached hydrogens (tertiary/aromatic N) is 3. The van der Waals surface area contributed by atoms with Gasteiger partial charge in [-0.3, -0.25) is 9.59 Å². The molecular weight excluding hydrogens is 372 g/mol. The third-order valence-electron chi connectivity index (χ3n) is 4.74. The molecule has 1 aromatic carbocycles. The van der Waals surface area contributed by atoms with Crippen LogP contribution < -0.4 is 5.32 Å². The lowest BCUT2D eigenvalue weighted by molar-refractivity contribution is -0.119. The van der Waals surface area contributed by atoms with Crippen LogP contribution in [0.1, 0.15) is 36.5 Å². The second kappa shape index (κ2) is 10.2. The van der Waals surface area contributed by atoms with Gasteiger partial charge in [-0.15, -0.1) is 0 Å². The predicted octanol–water partition coefficient (Wildman–Crippen LogP) is 2.49. The average molecular weight is 400 g/mol. The van der Waals surface area contributed by atoms with Gasteiger partial charge in [0.2, 0.25) is 5.91 Å². The van der Waals surface area contributed by atoms with Gasteiger partial charge >= 0.3 is 0 Å². The van der Waals surface area contributed by atoms with Gasteiger partial charge in [-0.2, -0.15) is 5.10 Å². The second-order valence-corrected chi connectivity index (χ2v) is 7.09. The zero-order chi connectivity index (χ0) is 20.6. The van der Waals surface area contributed by atoms with E-state index in [9.17, 15) is 9.59 Å². The molecule has 1 aliphatic heterocycles. The van der Waals surface area contributed by atoms with Gasteiger partial charge in [-0.1, -0.05) is 6.92 Å². The van der Waals surface area contributed by atoms with Gasteiger partial charge < -0.3 is 19.7 Å². The van der Waals surface area contributed by atoms with Crippen LogP contribution >= 0.6 is 0 Å². The molecule has 1 atom stereocenters. The molecule has 2 amide bonds. The van der Waals surface area contributed by atoms with Crippen LogP contribution in [0.2, 0.25) is 0 Å². The van der Waals surface area contributed by atoms with E-state index in [0.717, 1.165) is 38.1 Å². The van der Waals surface area contributed by atoms with Gasteiger partial charge in [-0.05, 0) is 43.5 Å². The van der Waals surface area contributed by atoms with E-state index in [1.807, 2.05) is 17.0 Å². The molecule has 0 bridgehead atoms. The maximum absolute atomic E-state index is 12.8. The minimum absolute atomic E-state index is 0.0111. The number of piperidine rings is 1. The van der Waals surface area contributed by atoms with Crippen molar-refractivity contribution in [3.63, 3.8) is 0 Å². The Kier molecular flexibility index (Phi) is 7.37. The summed E-state index contributed by atoms with van der Waals surface area (Å²) in [4.78, 5) is 26.3. The summed E-state index contributed by atoms with van der Waals surface area (Å²) in [7, 11) is 1.47. The molecule has 29 heavy (non-hydrogen) atoms. The minimum atomic E-state index is -0.240. The van der Waals surface area contributed by atoms with E-state index in [-0.39, 0.29) is 24.5 Å². The van der Waals surface area contributed by atoms with Crippen molar-refractivity contribution in [2.45, 2.75) is 32.3 Å². The van der Waals surface area contributed by atoms with Crippen molar-refractivity contribution in [2.75, 3.05) is 38.7 Å². The number of aromatic nitrogens is 2. The first kappa shape index (κ1) is 21.0. The fourth-order valence-electron chi connectivity index (χ4n) is 3.34. The molecule has 1 saturated heterocycles. The van der Waals surface area contributed by atoms with Crippen molar-refractivity contribution in [1.82, 2.24) is 14.7 Å². The second-order valence-electron chi connectivity index (χ2n) is 7.09. The summed E-state index contributed by atoms with van der Waals surface area (Å²) in [6.07, 6.45) is 6.36. The molecule has 8 heteroatoms. The fraction of sp³-hybridized carbons (Fsp3) is 0.476. The number of amides is 2. The van der Waals surface area contributed by atoms with Crippen molar-refractivity contribution >= 4 is 17.5 Å². The highest BCUT2D eigenvalue weighted by Crippen LogP contribution is 2.18. The monoisotopic (exact) mass is 400 g/mol. The highest BCUT2D eigenvalue weighted by molar-refractivity contribution is 5.94. The van der Waals surface area contributed by atoms with Crippen LogP contribution in [-0.2, 0) is 14.3 Å². The normalized spacial score (nSPS) is 16.6. The third kappa shape index (κ3) is 5.65. The van der Waals surface area contributed by atoms with Gasteiger partial charge in [0.25, 0.3) is 5.91 Å². The maximum Gasteiger partial charge on any atom is 0.253 e. The summed E-state index contributed by atoms with van der Waals surface area (Å²) in [5.74, 6) is -0.218. The number of nitrogens with one attached hydrogen (secondary N) is 1. The topological polar surface area (TPSA) is 85.7 Å². The van der Waals surface area contributed by atoms with E-state index in [1.54, 1.807) is 29.2 Å². The lowest BCUT2D eigenvalue weighted by Crippen LogP contribution is -2.43. The van der Waals surface area contributed by atoms with E-state index in [4.69, 9.17) is 9.47 Å². The SMILES string of the molecule is CCCO[C@@H]1CCCN(C(=O)c2ccc(-n3cc(NC(=O)COC)cn3)cc2)C1. The first-order valence-corrected chi connectivity index (χ1v) is 9.95. The molecule has 1 fully saturated rings. The molecule has 1 aromatic heterocycles. The Morgan fingerprint density at radius 3 is 2.79 bits per heavy atom. The van der Waals surface area contributed by atoms with Gasteiger partial charge in [0.1, 0.15) is 6.61 Å². The molecule has 0 radical (unpaired) electrons. The number of likely N-dealkylation sites (tertiary alicyclic amines) is 1. The maximum atomic E-state index is 12.8. The quantitative estimate of drug-likeness (QED) is 0.736. The molecule has 1 aliphatic rings. The summed E-state index contributed by atoms with van der Waals surface area (Å²) in [6.45, 7) is 4.21. The Balaban J connectivity index is 1.62. The van der Waals surface area contributed by atoms with E-state index < -0.39 is 0 Å². The Bertz CT molecular complexity index is 818. The van der Waals surface area contributed by atoms with Crippen LogP contribution in [0.25, 0.3) is 5.69 Å². The molecule has 2 heterocycles. The highest BCUT2D eigenvalue weighted by Gasteiger charge is 2.24. The number of rotatable bonds is 8. The Hall–Kier alpha value is -2.71. The molecule has 0 spiro atoms. The number of ether oxygens (including phenoxy) is 2. The van der Waals surface area contributed by atoms with Gasteiger partial charge in [0.05, 0.1) is 29.9 Å². The number of anilines is 1. The number of hydrogen-bond donors (Lipinski definition) is 1. The summed E-state index contributed by atoms with van der Waals surface area (Å²) < 4.78 is 12.3. The molecule has 3 rings (SSSR count). The standard InChI is InChI=1S/C21H28N4O4/c1-3-11-29-19-5-4-10-24(14-19)21(27)16-6-8-18(9-7-16)25-13-17(12-22-25)23-20(26)15-28-2/h6-9,12-13,19H,3-5,10-11,14-15H2,1-2H3,(H,23,26)/t19-/m1/s1. The minimum Gasteiger partial charge on any atom is -0.376 e. The van der Waals surface area contributed by atoms with Gasteiger partial charge in [-0.25, -0.2) is 4.68 Å². The molecule has 0 aliphatic carbocycles. The van der Waals surface area contributed by atoms with Crippen LogP contribution in [0.5, 0.6) is 0 Å². The van der Waals surface area contributed by atoms with E-state index in [2.05, 4.69) is 17.3 Å². The van der Waals surface area contributed by atoms with Crippen molar-refractivity contribution in [2.24, 2.45) is 0 Å². The number of carbonyl (C=O) groups is 2.